The maximum absolute atomic E-state index is 13.1. The predicted molar refractivity (Wildman–Crippen MR) is 128 cm³/mol. The molecule has 0 atom stereocenters. The summed E-state index contributed by atoms with van der Waals surface area (Å²) in [4.78, 5) is 41.6. The largest absolute Gasteiger partial charge is 0.468 e. The molecule has 4 rings (SSSR count). The Bertz CT molecular complexity index is 1240. The number of nitrogens with zero attached hydrogens (tertiary/aromatic N) is 5. The van der Waals surface area contributed by atoms with Crippen LogP contribution in [0.25, 0.3) is 11.3 Å². The molecule has 9 nitrogen and oxygen atoms in total. The molecule has 1 aliphatic heterocycles. The van der Waals surface area contributed by atoms with Crippen LogP contribution in [0.2, 0.25) is 0 Å². The summed E-state index contributed by atoms with van der Waals surface area (Å²) in [5, 5.41) is 2.89. The molecule has 3 aromatic rings. The maximum Gasteiger partial charge on any atom is 0.416 e. The van der Waals surface area contributed by atoms with Gasteiger partial charge in [-0.15, -0.1) is 11.3 Å². The van der Waals surface area contributed by atoms with E-state index in [0.717, 1.165) is 23.5 Å². The molecule has 1 amide bonds. The minimum Gasteiger partial charge on any atom is -0.468 e. The van der Waals surface area contributed by atoms with E-state index in [1.165, 1.54) is 25.6 Å². The van der Waals surface area contributed by atoms with Gasteiger partial charge in [0, 0.05) is 36.6 Å². The average molecular weight is 521 g/mol. The quantitative estimate of drug-likeness (QED) is 0.494. The van der Waals surface area contributed by atoms with Crippen LogP contribution in [0.15, 0.2) is 36.7 Å². The van der Waals surface area contributed by atoms with Crippen LogP contribution < -0.4 is 10.2 Å². The second-order valence-corrected chi connectivity index (χ2v) is 9.26. The van der Waals surface area contributed by atoms with Crippen molar-refractivity contribution >= 4 is 34.2 Å². The van der Waals surface area contributed by atoms with Gasteiger partial charge in [0.25, 0.3) is 5.91 Å². The highest BCUT2D eigenvalue weighted by molar-refractivity contribution is 7.16. The number of aryl methyl sites for hydroxylation is 1. The standard InChI is InChI=1S/C23H23F3N6O3S/c1-14-20(15-4-3-5-16(10-15)23(24,25)26)29-22(36-14)30-21(34)17-11-28-18(12-27-17)32-8-6-31(7-9-32)13-19(33)35-2/h3-5,10-12H,6-9,13H2,1-2H3,(H,29,30,34). The Balaban J connectivity index is 1.39. The Morgan fingerprint density at radius 3 is 2.53 bits per heavy atom. The molecule has 1 saturated heterocycles. The van der Waals surface area contributed by atoms with E-state index in [-0.39, 0.29) is 23.3 Å². The van der Waals surface area contributed by atoms with Crippen LogP contribution in [0.3, 0.4) is 0 Å². The topological polar surface area (TPSA) is 101 Å². The molecule has 2 aromatic heterocycles. The van der Waals surface area contributed by atoms with E-state index >= 15 is 0 Å². The summed E-state index contributed by atoms with van der Waals surface area (Å²) in [6, 6.07) is 4.90. The van der Waals surface area contributed by atoms with Gasteiger partial charge in [0.1, 0.15) is 11.5 Å². The molecule has 1 aromatic carbocycles. The van der Waals surface area contributed by atoms with E-state index in [0.29, 0.717) is 48.1 Å². The van der Waals surface area contributed by atoms with E-state index in [4.69, 9.17) is 4.74 Å². The molecule has 0 spiro atoms. The number of rotatable bonds is 6. The van der Waals surface area contributed by atoms with Crippen molar-refractivity contribution in [3.05, 3.63) is 52.8 Å². The third-order valence-electron chi connectivity index (χ3n) is 5.63. The molecule has 0 saturated carbocycles. The number of halogens is 3. The minimum absolute atomic E-state index is 0.0801. The summed E-state index contributed by atoms with van der Waals surface area (Å²) >= 11 is 1.16. The minimum atomic E-state index is -4.46. The molecule has 1 aliphatic rings. The summed E-state index contributed by atoms with van der Waals surface area (Å²) in [6.45, 7) is 4.58. The van der Waals surface area contributed by atoms with Gasteiger partial charge in [-0.2, -0.15) is 13.2 Å². The van der Waals surface area contributed by atoms with Gasteiger partial charge >= 0.3 is 12.1 Å². The van der Waals surface area contributed by atoms with Gasteiger partial charge < -0.3 is 9.64 Å². The molecule has 36 heavy (non-hydrogen) atoms. The third kappa shape index (κ3) is 5.97. The smallest absolute Gasteiger partial charge is 0.416 e. The van der Waals surface area contributed by atoms with Crippen molar-refractivity contribution in [2.75, 3.05) is 50.1 Å². The SMILES string of the molecule is COC(=O)CN1CCN(c2cnc(C(=O)Nc3nc(-c4cccc(C(F)(F)F)c4)c(C)s3)cn2)CC1. The number of esters is 1. The lowest BCUT2D eigenvalue weighted by Crippen LogP contribution is -2.48. The van der Waals surface area contributed by atoms with Crippen molar-refractivity contribution in [1.29, 1.82) is 0 Å². The molecular formula is C23H23F3N6O3S. The predicted octanol–water partition coefficient (Wildman–Crippen LogP) is 3.47. The van der Waals surface area contributed by atoms with Gasteiger partial charge in [0.05, 0.1) is 37.3 Å². The van der Waals surface area contributed by atoms with Gasteiger partial charge in [-0.05, 0) is 19.1 Å². The molecule has 1 fully saturated rings. The van der Waals surface area contributed by atoms with Crippen LogP contribution in [0.5, 0.6) is 0 Å². The summed E-state index contributed by atoms with van der Waals surface area (Å²) in [5.74, 6) is -0.196. The second kappa shape index (κ2) is 10.6. The fraction of sp³-hybridized carbons (Fsp3) is 0.348. The lowest BCUT2D eigenvalue weighted by atomic mass is 10.1. The lowest BCUT2D eigenvalue weighted by Gasteiger charge is -2.34. The Morgan fingerprint density at radius 2 is 1.89 bits per heavy atom. The van der Waals surface area contributed by atoms with Crippen molar-refractivity contribution in [3.63, 3.8) is 0 Å². The van der Waals surface area contributed by atoms with Crippen molar-refractivity contribution in [3.8, 4) is 11.3 Å². The molecule has 0 unspecified atom stereocenters. The molecule has 1 N–H and O–H groups in total. The highest BCUT2D eigenvalue weighted by Gasteiger charge is 2.31. The van der Waals surface area contributed by atoms with Crippen LogP contribution in [0.1, 0.15) is 20.9 Å². The number of carbonyl (C=O) groups is 2. The number of carbonyl (C=O) groups excluding carboxylic acids is 2. The number of ether oxygens (including phenoxy) is 1. The molecule has 0 radical (unpaired) electrons. The van der Waals surface area contributed by atoms with Crippen molar-refractivity contribution < 1.29 is 27.5 Å². The van der Waals surface area contributed by atoms with Crippen LogP contribution in [-0.2, 0) is 15.7 Å². The number of hydrogen-bond acceptors (Lipinski definition) is 9. The van der Waals surface area contributed by atoms with Gasteiger partial charge in [-0.25, -0.2) is 15.0 Å². The zero-order valence-corrected chi connectivity index (χ0v) is 20.3. The summed E-state index contributed by atoms with van der Waals surface area (Å²) in [5.41, 5.74) is -0.00106. The number of hydrogen-bond donors (Lipinski definition) is 1. The van der Waals surface area contributed by atoms with Gasteiger partial charge in [-0.1, -0.05) is 12.1 Å². The van der Waals surface area contributed by atoms with Crippen LogP contribution in [-0.4, -0.2) is 71.6 Å². The molecular weight excluding hydrogens is 497 g/mol. The first kappa shape index (κ1) is 25.5. The Morgan fingerprint density at radius 1 is 1.14 bits per heavy atom. The first-order valence-electron chi connectivity index (χ1n) is 11.0. The zero-order chi connectivity index (χ0) is 25.9. The van der Waals surface area contributed by atoms with Crippen molar-refractivity contribution in [2.24, 2.45) is 0 Å². The van der Waals surface area contributed by atoms with Crippen LogP contribution >= 0.6 is 11.3 Å². The van der Waals surface area contributed by atoms with Crippen LogP contribution in [0.4, 0.5) is 24.1 Å². The van der Waals surface area contributed by atoms with Gasteiger partial charge in [0.15, 0.2) is 5.13 Å². The zero-order valence-electron chi connectivity index (χ0n) is 19.5. The molecule has 0 aliphatic carbocycles. The van der Waals surface area contributed by atoms with E-state index in [2.05, 4.69) is 20.3 Å². The van der Waals surface area contributed by atoms with E-state index in [9.17, 15) is 22.8 Å². The lowest BCUT2D eigenvalue weighted by molar-refractivity contribution is -0.142. The summed E-state index contributed by atoms with van der Waals surface area (Å²) < 4.78 is 43.9. The summed E-state index contributed by atoms with van der Waals surface area (Å²) in [6.07, 6.45) is -1.59. The van der Waals surface area contributed by atoms with E-state index < -0.39 is 17.6 Å². The number of amides is 1. The first-order valence-corrected chi connectivity index (χ1v) is 11.8. The fourth-order valence-electron chi connectivity index (χ4n) is 3.71. The third-order valence-corrected chi connectivity index (χ3v) is 6.51. The Hall–Kier alpha value is -3.58. The number of anilines is 2. The number of aromatic nitrogens is 3. The second-order valence-electron chi connectivity index (χ2n) is 8.06. The number of thiazole rings is 1. The highest BCUT2D eigenvalue weighted by Crippen LogP contribution is 2.35. The first-order chi connectivity index (χ1) is 17.1. The van der Waals surface area contributed by atoms with Crippen molar-refractivity contribution in [1.82, 2.24) is 19.9 Å². The number of methoxy groups -OCH3 is 1. The maximum atomic E-state index is 13.1. The number of nitrogens with one attached hydrogen (secondary N) is 1. The summed E-state index contributed by atoms with van der Waals surface area (Å²) in [7, 11) is 1.36. The molecule has 3 heterocycles. The fourth-order valence-corrected chi connectivity index (χ4v) is 4.54. The van der Waals surface area contributed by atoms with Gasteiger partial charge in [-0.3, -0.25) is 19.8 Å². The highest BCUT2D eigenvalue weighted by atomic mass is 32.1. The molecule has 190 valence electrons. The van der Waals surface area contributed by atoms with E-state index in [1.807, 2.05) is 9.80 Å². The van der Waals surface area contributed by atoms with Crippen LogP contribution in [0, 0.1) is 6.92 Å². The van der Waals surface area contributed by atoms with Crippen molar-refractivity contribution in [2.45, 2.75) is 13.1 Å². The van der Waals surface area contributed by atoms with E-state index in [1.54, 1.807) is 13.0 Å². The van der Waals surface area contributed by atoms with Gasteiger partial charge in [0.2, 0.25) is 0 Å². The number of benzene rings is 1. The number of piperazine rings is 1. The monoisotopic (exact) mass is 520 g/mol. The Kier molecular flexibility index (Phi) is 7.50. The number of alkyl halides is 3. The molecule has 13 heteroatoms. The average Bonchev–Trinajstić information content (AvgIpc) is 3.23. The Labute approximate surface area is 208 Å². The molecule has 0 bridgehead atoms. The normalized spacial score (nSPS) is 14.5.